The molecular formula is C12H15FN2O2S. The van der Waals surface area contributed by atoms with E-state index in [0.717, 1.165) is 0 Å². The number of hydrogen-bond acceptors (Lipinski definition) is 2. The van der Waals surface area contributed by atoms with Crippen LogP contribution in [0.3, 0.4) is 0 Å². The summed E-state index contributed by atoms with van der Waals surface area (Å²) < 4.78 is 24.8. The van der Waals surface area contributed by atoms with Gasteiger partial charge in [-0.2, -0.15) is 0 Å². The van der Waals surface area contributed by atoms with Gasteiger partial charge in [0.25, 0.3) is 0 Å². The van der Waals surface area contributed by atoms with Crippen molar-refractivity contribution in [2.45, 2.75) is 0 Å². The molecule has 2 rings (SSSR count). The van der Waals surface area contributed by atoms with Gasteiger partial charge in [-0.3, -0.25) is 9.11 Å². The minimum absolute atomic E-state index is 0.253. The summed E-state index contributed by atoms with van der Waals surface area (Å²) >= 11 is 0. The van der Waals surface area contributed by atoms with Gasteiger partial charge >= 0.3 is 6.03 Å². The third-order valence-corrected chi connectivity index (χ3v) is 4.22. The minimum atomic E-state index is -0.826. The summed E-state index contributed by atoms with van der Waals surface area (Å²) in [5.41, 5.74) is 0.259. The SMILES string of the molecule is CN(C(=O)N1CCS(=O)CC1)c1ccccc1F. The maximum absolute atomic E-state index is 13.6. The predicted molar refractivity (Wildman–Crippen MR) is 69.6 cm³/mol. The number of rotatable bonds is 1. The van der Waals surface area contributed by atoms with Crippen molar-refractivity contribution in [1.29, 1.82) is 0 Å². The molecule has 1 aliphatic rings. The van der Waals surface area contributed by atoms with Crippen molar-refractivity contribution in [1.82, 2.24) is 4.90 Å². The molecule has 0 saturated carbocycles. The van der Waals surface area contributed by atoms with Crippen molar-refractivity contribution in [3.05, 3.63) is 30.1 Å². The van der Waals surface area contributed by atoms with Gasteiger partial charge in [0, 0.05) is 42.4 Å². The molecule has 6 heteroatoms. The van der Waals surface area contributed by atoms with E-state index in [9.17, 15) is 13.4 Å². The van der Waals surface area contributed by atoms with Crippen LogP contribution in [-0.4, -0.2) is 46.8 Å². The highest BCUT2D eigenvalue weighted by Gasteiger charge is 2.24. The van der Waals surface area contributed by atoms with E-state index in [-0.39, 0.29) is 11.7 Å². The average molecular weight is 270 g/mol. The summed E-state index contributed by atoms with van der Waals surface area (Å²) in [5, 5.41) is 0. The zero-order valence-electron chi connectivity index (χ0n) is 10.1. The first-order valence-corrected chi connectivity index (χ1v) is 7.20. The van der Waals surface area contributed by atoms with Crippen molar-refractivity contribution in [3.63, 3.8) is 0 Å². The molecule has 1 heterocycles. The van der Waals surface area contributed by atoms with E-state index in [1.807, 2.05) is 0 Å². The van der Waals surface area contributed by atoms with Gasteiger partial charge in [0.15, 0.2) is 0 Å². The number of carbonyl (C=O) groups is 1. The Morgan fingerprint density at radius 2 is 1.94 bits per heavy atom. The highest BCUT2D eigenvalue weighted by molar-refractivity contribution is 7.85. The van der Waals surface area contributed by atoms with E-state index in [0.29, 0.717) is 24.6 Å². The fourth-order valence-electron chi connectivity index (χ4n) is 1.87. The van der Waals surface area contributed by atoms with Gasteiger partial charge in [-0.05, 0) is 12.1 Å². The molecule has 2 amide bonds. The highest BCUT2D eigenvalue weighted by atomic mass is 32.2. The van der Waals surface area contributed by atoms with Crippen LogP contribution in [0.1, 0.15) is 0 Å². The Morgan fingerprint density at radius 1 is 1.33 bits per heavy atom. The lowest BCUT2D eigenvalue weighted by Gasteiger charge is -2.30. The van der Waals surface area contributed by atoms with Crippen LogP contribution in [0.4, 0.5) is 14.9 Å². The van der Waals surface area contributed by atoms with Crippen LogP contribution < -0.4 is 4.90 Å². The molecule has 1 aromatic rings. The standard InChI is InChI=1S/C12H15FN2O2S/c1-14(11-5-3-2-4-10(11)13)12(16)15-6-8-18(17)9-7-15/h2-5H,6-9H2,1H3. The Kier molecular flexibility index (Phi) is 3.96. The first-order chi connectivity index (χ1) is 8.59. The van der Waals surface area contributed by atoms with Crippen LogP contribution in [0, 0.1) is 5.82 Å². The van der Waals surface area contributed by atoms with E-state index in [4.69, 9.17) is 0 Å². The second kappa shape index (κ2) is 5.48. The maximum atomic E-state index is 13.6. The number of para-hydroxylation sites is 1. The fourth-order valence-corrected chi connectivity index (χ4v) is 2.92. The predicted octanol–water partition coefficient (Wildman–Crippen LogP) is 1.45. The van der Waals surface area contributed by atoms with Gasteiger partial charge in [0.2, 0.25) is 0 Å². The van der Waals surface area contributed by atoms with Gasteiger partial charge in [0.1, 0.15) is 5.82 Å². The molecule has 18 heavy (non-hydrogen) atoms. The Balaban J connectivity index is 2.09. The second-order valence-electron chi connectivity index (χ2n) is 4.13. The molecule has 0 N–H and O–H groups in total. The largest absolute Gasteiger partial charge is 0.324 e. The number of amides is 2. The van der Waals surface area contributed by atoms with E-state index < -0.39 is 16.6 Å². The molecule has 1 fully saturated rings. The molecule has 1 saturated heterocycles. The number of halogens is 1. The quantitative estimate of drug-likeness (QED) is 0.775. The van der Waals surface area contributed by atoms with Crippen molar-refractivity contribution in [3.8, 4) is 0 Å². The van der Waals surface area contributed by atoms with Crippen LogP contribution in [-0.2, 0) is 10.8 Å². The van der Waals surface area contributed by atoms with E-state index in [2.05, 4.69) is 0 Å². The molecule has 4 nitrogen and oxygen atoms in total. The van der Waals surface area contributed by atoms with Crippen LogP contribution in [0.25, 0.3) is 0 Å². The zero-order valence-corrected chi connectivity index (χ0v) is 11.0. The summed E-state index contributed by atoms with van der Waals surface area (Å²) in [7, 11) is 0.722. The van der Waals surface area contributed by atoms with Crippen molar-refractivity contribution < 1.29 is 13.4 Å². The normalized spacial score (nSPS) is 16.7. The molecular weight excluding hydrogens is 255 g/mol. The molecule has 0 bridgehead atoms. The fraction of sp³-hybridized carbons (Fsp3) is 0.417. The second-order valence-corrected chi connectivity index (χ2v) is 5.82. The summed E-state index contributed by atoms with van der Waals surface area (Å²) in [6, 6.07) is 5.91. The Hall–Kier alpha value is -1.43. The summed E-state index contributed by atoms with van der Waals surface area (Å²) in [6.07, 6.45) is 0. The Morgan fingerprint density at radius 3 is 2.56 bits per heavy atom. The van der Waals surface area contributed by atoms with Gasteiger partial charge < -0.3 is 4.90 Å². The van der Waals surface area contributed by atoms with Gasteiger partial charge in [0.05, 0.1) is 5.69 Å². The lowest BCUT2D eigenvalue weighted by atomic mass is 10.3. The van der Waals surface area contributed by atoms with Crippen LogP contribution in [0.15, 0.2) is 24.3 Å². The molecule has 98 valence electrons. The summed E-state index contributed by atoms with van der Waals surface area (Å²) in [5.74, 6) is 0.571. The van der Waals surface area contributed by atoms with E-state index in [1.165, 1.54) is 11.0 Å². The number of urea groups is 1. The third kappa shape index (κ3) is 2.69. The third-order valence-electron chi connectivity index (χ3n) is 2.95. The molecule has 0 unspecified atom stereocenters. The number of nitrogens with zero attached hydrogens (tertiary/aromatic N) is 2. The Bertz CT molecular complexity index is 471. The van der Waals surface area contributed by atoms with Gasteiger partial charge in [-0.1, -0.05) is 12.1 Å². The van der Waals surface area contributed by atoms with Crippen LogP contribution in [0.5, 0.6) is 0 Å². The van der Waals surface area contributed by atoms with E-state index in [1.54, 1.807) is 30.1 Å². The van der Waals surface area contributed by atoms with Crippen molar-refractivity contribution >= 4 is 22.5 Å². The lowest BCUT2D eigenvalue weighted by molar-refractivity contribution is 0.210. The zero-order chi connectivity index (χ0) is 13.1. The molecule has 0 spiro atoms. The van der Waals surface area contributed by atoms with Crippen LogP contribution in [0.2, 0.25) is 0 Å². The van der Waals surface area contributed by atoms with Crippen molar-refractivity contribution in [2.75, 3.05) is 36.5 Å². The highest BCUT2D eigenvalue weighted by Crippen LogP contribution is 2.18. The monoisotopic (exact) mass is 270 g/mol. The number of benzene rings is 1. The minimum Gasteiger partial charge on any atom is -0.323 e. The molecule has 0 atom stereocenters. The topological polar surface area (TPSA) is 40.6 Å². The molecule has 0 aromatic heterocycles. The molecule has 1 aromatic carbocycles. The molecule has 0 aliphatic carbocycles. The maximum Gasteiger partial charge on any atom is 0.324 e. The smallest absolute Gasteiger partial charge is 0.323 e. The van der Waals surface area contributed by atoms with Gasteiger partial charge in [-0.15, -0.1) is 0 Å². The number of hydrogen-bond donors (Lipinski definition) is 0. The summed E-state index contributed by atoms with van der Waals surface area (Å²) in [6.45, 7) is 0.925. The van der Waals surface area contributed by atoms with Gasteiger partial charge in [-0.25, -0.2) is 9.18 Å². The summed E-state index contributed by atoms with van der Waals surface area (Å²) in [4.78, 5) is 15.0. The number of anilines is 1. The molecule has 1 aliphatic heterocycles. The Labute approximate surface area is 108 Å². The van der Waals surface area contributed by atoms with Crippen molar-refractivity contribution in [2.24, 2.45) is 0 Å². The lowest BCUT2D eigenvalue weighted by Crippen LogP contribution is -2.47. The first-order valence-electron chi connectivity index (χ1n) is 5.71. The van der Waals surface area contributed by atoms with Crippen LogP contribution >= 0.6 is 0 Å². The van der Waals surface area contributed by atoms with E-state index >= 15 is 0 Å². The molecule has 0 radical (unpaired) electrons. The average Bonchev–Trinajstić information content (AvgIpc) is 2.38. The number of carbonyl (C=O) groups excluding carboxylic acids is 1. The first kappa shape index (κ1) is 13.0.